The van der Waals surface area contributed by atoms with E-state index in [1.54, 1.807) is 0 Å². The minimum Gasteiger partial charge on any atom is -0.353 e. The van der Waals surface area contributed by atoms with Crippen LogP contribution in [-0.2, 0) is 12.5 Å². The van der Waals surface area contributed by atoms with Crippen LogP contribution in [-0.4, -0.2) is 4.57 Å². The summed E-state index contributed by atoms with van der Waals surface area (Å²) in [5.41, 5.74) is 1.03. The van der Waals surface area contributed by atoms with Crippen molar-refractivity contribution in [3.05, 3.63) is 24.0 Å². The highest BCUT2D eigenvalue weighted by atomic mass is 14.9. The number of aromatic nitrogens is 1. The lowest BCUT2D eigenvalue weighted by Crippen LogP contribution is -2.17. The van der Waals surface area contributed by atoms with Crippen molar-refractivity contribution in [1.82, 2.24) is 4.57 Å². The van der Waals surface area contributed by atoms with Crippen LogP contribution in [0.4, 0.5) is 0 Å². The molecule has 0 unspecified atom stereocenters. The molecule has 0 atom stereocenters. The fraction of sp³-hybridized carbons (Fsp3) is 0.400. The first kappa shape index (κ1) is 7.94. The van der Waals surface area contributed by atoms with E-state index in [4.69, 9.17) is 6.42 Å². The quantitative estimate of drug-likeness (QED) is 0.535. The van der Waals surface area contributed by atoms with Crippen LogP contribution in [0.2, 0.25) is 0 Å². The van der Waals surface area contributed by atoms with E-state index in [1.165, 1.54) is 5.69 Å². The Morgan fingerprint density at radius 1 is 1.55 bits per heavy atom. The molecule has 0 fully saturated rings. The lowest BCUT2D eigenvalue weighted by atomic mass is 9.91. The molecule has 11 heavy (non-hydrogen) atoms. The Hall–Kier alpha value is -1.16. The topological polar surface area (TPSA) is 4.93 Å². The summed E-state index contributed by atoms with van der Waals surface area (Å²) in [7, 11) is 2.01. The zero-order valence-corrected chi connectivity index (χ0v) is 7.26. The van der Waals surface area contributed by atoms with E-state index < -0.39 is 0 Å². The van der Waals surface area contributed by atoms with Crippen LogP contribution in [0.15, 0.2) is 18.3 Å². The number of rotatable bonds is 1. The SMILES string of the molecule is C#CC(C)(C)c1cccn1C. The fourth-order valence-electron chi connectivity index (χ4n) is 1.18. The van der Waals surface area contributed by atoms with Gasteiger partial charge in [0.25, 0.3) is 0 Å². The summed E-state index contributed by atoms with van der Waals surface area (Å²) in [4.78, 5) is 0. The predicted molar refractivity (Wildman–Crippen MR) is 47.3 cm³/mol. The maximum absolute atomic E-state index is 5.40. The first-order valence-corrected chi connectivity index (χ1v) is 3.67. The van der Waals surface area contributed by atoms with Crippen LogP contribution in [0, 0.1) is 12.3 Å². The molecule has 0 N–H and O–H groups in total. The number of terminal acetylenes is 1. The van der Waals surface area contributed by atoms with E-state index in [1.807, 2.05) is 33.2 Å². The molecular formula is C10H13N. The summed E-state index contributed by atoms with van der Waals surface area (Å²) in [5, 5.41) is 0. The van der Waals surface area contributed by atoms with Crippen molar-refractivity contribution >= 4 is 0 Å². The van der Waals surface area contributed by atoms with E-state index >= 15 is 0 Å². The number of nitrogens with zero attached hydrogens (tertiary/aromatic N) is 1. The monoisotopic (exact) mass is 147 g/mol. The van der Waals surface area contributed by atoms with Gasteiger partial charge < -0.3 is 4.57 Å². The van der Waals surface area contributed by atoms with Gasteiger partial charge in [-0.05, 0) is 26.0 Å². The maximum Gasteiger partial charge on any atom is 0.0655 e. The van der Waals surface area contributed by atoms with Crippen molar-refractivity contribution in [2.24, 2.45) is 7.05 Å². The van der Waals surface area contributed by atoms with Crippen LogP contribution in [0.25, 0.3) is 0 Å². The van der Waals surface area contributed by atoms with Crippen LogP contribution in [0.5, 0.6) is 0 Å². The third kappa shape index (κ3) is 1.30. The third-order valence-electron chi connectivity index (χ3n) is 1.94. The second-order valence-electron chi connectivity index (χ2n) is 3.27. The summed E-state index contributed by atoms with van der Waals surface area (Å²) in [6.07, 6.45) is 7.41. The highest BCUT2D eigenvalue weighted by Crippen LogP contribution is 2.21. The highest BCUT2D eigenvalue weighted by Gasteiger charge is 2.18. The van der Waals surface area contributed by atoms with Gasteiger partial charge in [-0.3, -0.25) is 0 Å². The van der Waals surface area contributed by atoms with Crippen LogP contribution < -0.4 is 0 Å². The smallest absolute Gasteiger partial charge is 0.0655 e. The number of hydrogen-bond donors (Lipinski definition) is 0. The first-order chi connectivity index (χ1) is 5.08. The zero-order valence-electron chi connectivity index (χ0n) is 7.26. The molecule has 0 aliphatic carbocycles. The molecule has 0 radical (unpaired) electrons. The third-order valence-corrected chi connectivity index (χ3v) is 1.94. The fourth-order valence-corrected chi connectivity index (χ4v) is 1.18. The van der Waals surface area contributed by atoms with E-state index in [2.05, 4.69) is 16.6 Å². The number of aryl methyl sites for hydroxylation is 1. The summed E-state index contributed by atoms with van der Waals surface area (Å²) in [5.74, 6) is 2.76. The lowest BCUT2D eigenvalue weighted by molar-refractivity contribution is 0.629. The van der Waals surface area contributed by atoms with Gasteiger partial charge in [0.05, 0.1) is 5.41 Å². The van der Waals surface area contributed by atoms with Gasteiger partial charge in [0.15, 0.2) is 0 Å². The molecule has 1 heteroatoms. The van der Waals surface area contributed by atoms with Crippen LogP contribution in [0.1, 0.15) is 19.5 Å². The van der Waals surface area contributed by atoms with Gasteiger partial charge in [0.1, 0.15) is 0 Å². The van der Waals surface area contributed by atoms with Gasteiger partial charge in [-0.2, -0.15) is 0 Å². The predicted octanol–water partition coefficient (Wildman–Crippen LogP) is 1.94. The van der Waals surface area contributed by atoms with Gasteiger partial charge in [0.2, 0.25) is 0 Å². The second-order valence-corrected chi connectivity index (χ2v) is 3.27. The Morgan fingerprint density at radius 2 is 2.18 bits per heavy atom. The van der Waals surface area contributed by atoms with Crippen molar-refractivity contribution in [1.29, 1.82) is 0 Å². The van der Waals surface area contributed by atoms with E-state index in [0.717, 1.165) is 0 Å². The normalized spacial score (nSPS) is 11.1. The molecule has 0 bridgehead atoms. The Morgan fingerprint density at radius 3 is 2.55 bits per heavy atom. The molecule has 58 valence electrons. The van der Waals surface area contributed by atoms with Gasteiger partial charge >= 0.3 is 0 Å². The van der Waals surface area contributed by atoms with Crippen molar-refractivity contribution in [2.75, 3.05) is 0 Å². The molecule has 0 aliphatic rings. The minimum absolute atomic E-state index is 0.155. The van der Waals surface area contributed by atoms with Gasteiger partial charge in [-0.1, -0.05) is 5.92 Å². The van der Waals surface area contributed by atoms with Crippen molar-refractivity contribution < 1.29 is 0 Å². The summed E-state index contributed by atoms with van der Waals surface area (Å²) < 4.78 is 2.06. The maximum atomic E-state index is 5.40. The Bertz CT molecular complexity index is 286. The number of hydrogen-bond acceptors (Lipinski definition) is 0. The molecule has 0 aliphatic heterocycles. The molecular weight excluding hydrogens is 134 g/mol. The van der Waals surface area contributed by atoms with Crippen molar-refractivity contribution in [3.8, 4) is 12.3 Å². The van der Waals surface area contributed by atoms with Gasteiger partial charge in [-0.25, -0.2) is 0 Å². The minimum atomic E-state index is -0.155. The Labute approximate surface area is 68.0 Å². The summed E-state index contributed by atoms with van der Waals surface area (Å²) in [6, 6.07) is 4.06. The molecule has 0 spiro atoms. The molecule has 1 aromatic rings. The highest BCUT2D eigenvalue weighted by molar-refractivity contribution is 5.27. The first-order valence-electron chi connectivity index (χ1n) is 3.67. The average molecular weight is 147 g/mol. The van der Waals surface area contributed by atoms with E-state index in [9.17, 15) is 0 Å². The van der Waals surface area contributed by atoms with Crippen molar-refractivity contribution in [3.63, 3.8) is 0 Å². The Balaban J connectivity index is 3.13. The van der Waals surface area contributed by atoms with Crippen LogP contribution in [0.3, 0.4) is 0 Å². The zero-order chi connectivity index (χ0) is 8.48. The molecule has 1 rings (SSSR count). The van der Waals surface area contributed by atoms with Crippen molar-refractivity contribution in [2.45, 2.75) is 19.3 Å². The average Bonchev–Trinajstić information content (AvgIpc) is 2.36. The molecule has 0 amide bonds. The van der Waals surface area contributed by atoms with Gasteiger partial charge in [0, 0.05) is 18.9 Å². The molecule has 0 saturated heterocycles. The van der Waals surface area contributed by atoms with E-state index in [-0.39, 0.29) is 5.41 Å². The molecule has 1 heterocycles. The van der Waals surface area contributed by atoms with Gasteiger partial charge in [-0.15, -0.1) is 6.42 Å². The molecule has 0 aromatic carbocycles. The lowest BCUT2D eigenvalue weighted by Gasteiger charge is -2.18. The molecule has 1 aromatic heterocycles. The summed E-state index contributed by atoms with van der Waals surface area (Å²) >= 11 is 0. The second kappa shape index (κ2) is 2.47. The standard InChI is InChI=1S/C10H13N/c1-5-10(2,3)9-7-6-8-11(9)4/h1,6-8H,2-4H3. The largest absolute Gasteiger partial charge is 0.353 e. The summed E-state index contributed by atoms with van der Waals surface area (Å²) in [6.45, 7) is 4.09. The van der Waals surface area contributed by atoms with Crippen LogP contribution >= 0.6 is 0 Å². The molecule has 0 saturated carbocycles. The molecule has 1 nitrogen and oxygen atoms in total. The van der Waals surface area contributed by atoms with E-state index in [0.29, 0.717) is 0 Å². The Kier molecular flexibility index (Phi) is 1.78.